The summed E-state index contributed by atoms with van der Waals surface area (Å²) in [6.45, 7) is 6.57. The summed E-state index contributed by atoms with van der Waals surface area (Å²) in [5.74, 6) is 0.661. The highest BCUT2D eigenvalue weighted by molar-refractivity contribution is 7.80. The van der Waals surface area contributed by atoms with E-state index in [0.29, 0.717) is 11.5 Å². The maximum absolute atomic E-state index is 5.48. The first kappa shape index (κ1) is 14.4. The van der Waals surface area contributed by atoms with Crippen molar-refractivity contribution in [3.63, 3.8) is 0 Å². The summed E-state index contributed by atoms with van der Waals surface area (Å²) in [4.78, 5) is 8.61. The zero-order chi connectivity index (χ0) is 14.8. The monoisotopic (exact) mass is 286 g/mol. The quantitative estimate of drug-likeness (QED) is 0.849. The first-order valence-electron chi connectivity index (χ1n) is 6.36. The van der Waals surface area contributed by atoms with E-state index in [0.717, 1.165) is 5.69 Å². The molecular weight excluding hydrogens is 268 g/mol. The van der Waals surface area contributed by atoms with E-state index in [4.69, 9.17) is 18.0 Å². The zero-order valence-electron chi connectivity index (χ0n) is 11.8. The second-order valence-electron chi connectivity index (χ2n) is 5.60. The Morgan fingerprint density at radius 2 is 1.75 bits per heavy atom. The van der Waals surface area contributed by atoms with Crippen molar-refractivity contribution in [2.45, 2.75) is 26.2 Å². The lowest BCUT2D eigenvalue weighted by molar-refractivity contribution is 0.590. The number of thiocarbonyl (C=S) groups is 1. The third kappa shape index (κ3) is 3.51. The highest BCUT2D eigenvalue weighted by Gasteiger charge is 2.12. The molecule has 0 saturated heterocycles. The maximum Gasteiger partial charge on any atom is 0.148 e. The molecule has 5 heteroatoms. The molecule has 0 atom stereocenters. The van der Waals surface area contributed by atoms with Gasteiger partial charge in [0.2, 0.25) is 0 Å². The molecule has 4 nitrogen and oxygen atoms in total. The predicted octanol–water partition coefficient (Wildman–Crippen LogP) is 3.15. The first-order chi connectivity index (χ1) is 9.36. The van der Waals surface area contributed by atoms with Crippen molar-refractivity contribution in [1.29, 1.82) is 0 Å². The Kier molecular flexibility index (Phi) is 3.99. The second-order valence-corrected chi connectivity index (χ2v) is 6.04. The molecule has 0 unspecified atom stereocenters. The summed E-state index contributed by atoms with van der Waals surface area (Å²) < 4.78 is 0. The summed E-state index contributed by atoms with van der Waals surface area (Å²) in [5.41, 5.74) is 8.41. The van der Waals surface area contributed by atoms with Gasteiger partial charge in [-0.25, -0.2) is 9.97 Å². The Morgan fingerprint density at radius 1 is 1.10 bits per heavy atom. The molecule has 104 valence electrons. The average molecular weight is 286 g/mol. The van der Waals surface area contributed by atoms with Gasteiger partial charge in [-0.2, -0.15) is 0 Å². The summed E-state index contributed by atoms with van der Waals surface area (Å²) in [7, 11) is 0. The highest BCUT2D eigenvalue weighted by atomic mass is 32.1. The van der Waals surface area contributed by atoms with E-state index in [1.54, 1.807) is 12.4 Å². The van der Waals surface area contributed by atoms with E-state index < -0.39 is 0 Å². The number of anilines is 2. The van der Waals surface area contributed by atoms with Crippen molar-refractivity contribution < 1.29 is 0 Å². The minimum Gasteiger partial charge on any atom is -0.388 e. The highest BCUT2D eigenvalue weighted by Crippen LogP contribution is 2.24. The van der Waals surface area contributed by atoms with Gasteiger partial charge in [0.25, 0.3) is 0 Å². The fourth-order valence-corrected chi connectivity index (χ4v) is 1.83. The second kappa shape index (κ2) is 5.54. The third-order valence-electron chi connectivity index (χ3n) is 2.93. The molecule has 0 bridgehead atoms. The van der Waals surface area contributed by atoms with Crippen LogP contribution in [0, 0.1) is 0 Å². The van der Waals surface area contributed by atoms with Gasteiger partial charge in [0.05, 0.1) is 12.4 Å². The van der Waals surface area contributed by atoms with E-state index in [2.05, 4.69) is 48.2 Å². The van der Waals surface area contributed by atoms with Gasteiger partial charge in [0, 0.05) is 5.69 Å². The molecule has 1 aromatic carbocycles. The number of benzene rings is 1. The Balaban J connectivity index is 2.12. The van der Waals surface area contributed by atoms with Crippen LogP contribution < -0.4 is 11.1 Å². The number of nitrogens with two attached hydrogens (primary N) is 1. The third-order valence-corrected chi connectivity index (χ3v) is 3.14. The molecular formula is C15H18N4S. The Labute approximate surface area is 124 Å². The van der Waals surface area contributed by atoms with Crippen LogP contribution in [0.25, 0.3) is 0 Å². The SMILES string of the molecule is CC(C)(C)c1ccc(Nc2cnc(C(N)=S)cn2)cc1. The van der Waals surface area contributed by atoms with Gasteiger partial charge in [-0.05, 0) is 23.1 Å². The maximum atomic E-state index is 5.48. The minimum atomic E-state index is 0.150. The number of nitrogens with one attached hydrogen (secondary N) is 1. The van der Waals surface area contributed by atoms with Crippen LogP contribution in [0.4, 0.5) is 11.5 Å². The van der Waals surface area contributed by atoms with Crippen molar-refractivity contribution in [1.82, 2.24) is 9.97 Å². The lowest BCUT2D eigenvalue weighted by Crippen LogP contribution is -2.12. The molecule has 2 aromatic rings. The van der Waals surface area contributed by atoms with Crippen LogP contribution in [0.3, 0.4) is 0 Å². The molecule has 1 heterocycles. The Morgan fingerprint density at radius 3 is 2.20 bits per heavy atom. The average Bonchev–Trinajstić information content (AvgIpc) is 2.39. The van der Waals surface area contributed by atoms with Crippen molar-refractivity contribution in [2.24, 2.45) is 5.73 Å². The summed E-state index contributed by atoms with van der Waals surface area (Å²) >= 11 is 4.84. The van der Waals surface area contributed by atoms with Crippen LogP contribution in [0.5, 0.6) is 0 Å². The van der Waals surface area contributed by atoms with Gasteiger partial charge in [-0.15, -0.1) is 0 Å². The van der Waals surface area contributed by atoms with E-state index in [-0.39, 0.29) is 10.4 Å². The molecule has 0 fully saturated rings. The number of hydrogen-bond donors (Lipinski definition) is 2. The standard InChI is InChI=1S/C15H18N4S/c1-15(2,3)10-4-6-11(7-5-10)19-13-9-17-12(8-18-13)14(16)20/h4-9H,1-3H3,(H2,16,20)(H,18,19). The van der Waals surface area contributed by atoms with Crippen LogP contribution in [-0.4, -0.2) is 15.0 Å². The molecule has 0 saturated carbocycles. The van der Waals surface area contributed by atoms with Crippen LogP contribution in [0.1, 0.15) is 32.0 Å². The van der Waals surface area contributed by atoms with Gasteiger partial charge in [0.15, 0.2) is 0 Å². The molecule has 2 rings (SSSR count). The van der Waals surface area contributed by atoms with E-state index in [1.165, 1.54) is 5.56 Å². The van der Waals surface area contributed by atoms with Gasteiger partial charge in [-0.3, -0.25) is 0 Å². The number of hydrogen-bond acceptors (Lipinski definition) is 4. The lowest BCUT2D eigenvalue weighted by Gasteiger charge is -2.19. The molecule has 20 heavy (non-hydrogen) atoms. The minimum absolute atomic E-state index is 0.150. The number of rotatable bonds is 3. The largest absolute Gasteiger partial charge is 0.388 e. The molecule has 0 aliphatic rings. The van der Waals surface area contributed by atoms with Gasteiger partial charge < -0.3 is 11.1 Å². The van der Waals surface area contributed by atoms with Crippen molar-refractivity contribution in [2.75, 3.05) is 5.32 Å². The summed E-state index contributed by atoms with van der Waals surface area (Å²) in [5, 5.41) is 3.19. The number of aromatic nitrogens is 2. The molecule has 1 aromatic heterocycles. The zero-order valence-corrected chi connectivity index (χ0v) is 12.7. The lowest BCUT2D eigenvalue weighted by atomic mass is 9.87. The van der Waals surface area contributed by atoms with Crippen LogP contribution in [-0.2, 0) is 5.41 Å². The van der Waals surface area contributed by atoms with Crippen molar-refractivity contribution in [3.05, 3.63) is 47.9 Å². The van der Waals surface area contributed by atoms with Crippen molar-refractivity contribution in [3.8, 4) is 0 Å². The first-order valence-corrected chi connectivity index (χ1v) is 6.76. The Bertz CT molecular complexity index is 597. The van der Waals surface area contributed by atoms with Gasteiger partial charge in [0.1, 0.15) is 16.5 Å². The summed E-state index contributed by atoms with van der Waals surface area (Å²) in [6.07, 6.45) is 3.18. The van der Waals surface area contributed by atoms with Gasteiger partial charge >= 0.3 is 0 Å². The molecule has 0 aliphatic carbocycles. The fourth-order valence-electron chi connectivity index (χ4n) is 1.72. The molecule has 0 aliphatic heterocycles. The normalized spacial score (nSPS) is 11.2. The Hall–Kier alpha value is -2.01. The smallest absolute Gasteiger partial charge is 0.148 e. The van der Waals surface area contributed by atoms with E-state index in [1.807, 2.05) is 12.1 Å². The van der Waals surface area contributed by atoms with Crippen molar-refractivity contribution >= 4 is 28.7 Å². The van der Waals surface area contributed by atoms with E-state index >= 15 is 0 Å². The molecule has 3 N–H and O–H groups in total. The molecule has 0 amide bonds. The van der Waals surface area contributed by atoms with Gasteiger partial charge in [-0.1, -0.05) is 45.1 Å². The predicted molar refractivity (Wildman–Crippen MR) is 86.3 cm³/mol. The van der Waals surface area contributed by atoms with Crippen LogP contribution >= 0.6 is 12.2 Å². The summed E-state index contributed by atoms with van der Waals surface area (Å²) in [6, 6.07) is 8.28. The molecule has 0 spiro atoms. The molecule has 0 radical (unpaired) electrons. The topological polar surface area (TPSA) is 63.8 Å². The van der Waals surface area contributed by atoms with Crippen LogP contribution in [0.2, 0.25) is 0 Å². The fraction of sp³-hybridized carbons (Fsp3) is 0.267. The van der Waals surface area contributed by atoms with E-state index in [9.17, 15) is 0 Å². The number of nitrogens with zero attached hydrogens (tertiary/aromatic N) is 2. The van der Waals surface area contributed by atoms with Crippen LogP contribution in [0.15, 0.2) is 36.7 Å².